The summed E-state index contributed by atoms with van der Waals surface area (Å²) in [6, 6.07) is 8.90. The van der Waals surface area contributed by atoms with Crippen molar-refractivity contribution in [1.29, 1.82) is 0 Å². The third-order valence-corrected chi connectivity index (χ3v) is 3.42. The van der Waals surface area contributed by atoms with Gasteiger partial charge in [0.1, 0.15) is 0 Å². The van der Waals surface area contributed by atoms with Gasteiger partial charge in [0.25, 0.3) is 5.69 Å². The minimum Gasteiger partial charge on any atom is -0.493 e. The molecule has 0 fully saturated rings. The lowest BCUT2D eigenvalue weighted by Gasteiger charge is -2.14. The standard InChI is InChI=1S/C18H19N3O6/c1-11(2)27-17-8-12(15(21(24)25)9-16(17)26-3)10-19-20-14-7-5-4-6-13(14)18(22)23/h4-11,20H,1-3H3,(H,22,23). The van der Waals surface area contributed by atoms with Crippen LogP contribution in [0.2, 0.25) is 0 Å². The summed E-state index contributed by atoms with van der Waals surface area (Å²) in [6.07, 6.45) is 1.06. The van der Waals surface area contributed by atoms with Gasteiger partial charge in [-0.2, -0.15) is 5.10 Å². The molecule has 0 aromatic heterocycles. The molecule has 0 aliphatic rings. The zero-order valence-electron chi connectivity index (χ0n) is 15.0. The molecule has 2 aromatic rings. The SMILES string of the molecule is COc1cc([N+](=O)[O-])c(C=NNc2ccccc2C(=O)O)cc1OC(C)C. The van der Waals surface area contributed by atoms with Crippen LogP contribution < -0.4 is 14.9 Å². The lowest BCUT2D eigenvalue weighted by molar-refractivity contribution is -0.385. The van der Waals surface area contributed by atoms with E-state index in [2.05, 4.69) is 10.5 Å². The van der Waals surface area contributed by atoms with Crippen molar-refractivity contribution in [3.05, 3.63) is 57.6 Å². The van der Waals surface area contributed by atoms with Gasteiger partial charge in [-0.05, 0) is 32.0 Å². The summed E-state index contributed by atoms with van der Waals surface area (Å²) in [5.41, 5.74) is 2.84. The first-order chi connectivity index (χ1) is 12.8. The van der Waals surface area contributed by atoms with Crippen molar-refractivity contribution >= 4 is 23.6 Å². The molecule has 142 valence electrons. The van der Waals surface area contributed by atoms with Gasteiger partial charge in [0.15, 0.2) is 11.5 Å². The van der Waals surface area contributed by atoms with Crippen LogP contribution >= 0.6 is 0 Å². The number of nitro groups is 1. The van der Waals surface area contributed by atoms with Gasteiger partial charge in [-0.25, -0.2) is 4.79 Å². The number of para-hydroxylation sites is 1. The molecule has 0 spiro atoms. The van der Waals surface area contributed by atoms with Gasteiger partial charge in [-0.3, -0.25) is 15.5 Å². The predicted molar refractivity (Wildman–Crippen MR) is 100 cm³/mol. The first-order valence-electron chi connectivity index (χ1n) is 7.98. The van der Waals surface area contributed by atoms with Gasteiger partial charge in [-0.15, -0.1) is 0 Å². The molecule has 0 aliphatic heterocycles. The molecule has 0 aliphatic carbocycles. The van der Waals surface area contributed by atoms with Gasteiger partial charge in [0, 0.05) is 0 Å². The molecular weight excluding hydrogens is 354 g/mol. The van der Waals surface area contributed by atoms with E-state index in [-0.39, 0.29) is 34.4 Å². The first-order valence-corrected chi connectivity index (χ1v) is 7.98. The molecule has 27 heavy (non-hydrogen) atoms. The van der Waals surface area contributed by atoms with Crippen molar-refractivity contribution < 1.29 is 24.3 Å². The molecule has 0 heterocycles. The Kier molecular flexibility index (Phi) is 6.32. The number of nitrogens with zero attached hydrogens (tertiary/aromatic N) is 2. The second-order valence-electron chi connectivity index (χ2n) is 5.71. The van der Waals surface area contributed by atoms with E-state index >= 15 is 0 Å². The normalized spacial score (nSPS) is 10.8. The highest BCUT2D eigenvalue weighted by atomic mass is 16.6. The van der Waals surface area contributed by atoms with E-state index in [9.17, 15) is 14.9 Å². The highest BCUT2D eigenvalue weighted by molar-refractivity contribution is 5.94. The Morgan fingerprint density at radius 1 is 1.30 bits per heavy atom. The highest BCUT2D eigenvalue weighted by Crippen LogP contribution is 2.34. The van der Waals surface area contributed by atoms with Gasteiger partial charge in [0.05, 0.1) is 47.2 Å². The topological polar surface area (TPSA) is 123 Å². The smallest absolute Gasteiger partial charge is 0.337 e. The molecule has 2 N–H and O–H groups in total. The van der Waals surface area contributed by atoms with Crippen molar-refractivity contribution in [3.63, 3.8) is 0 Å². The summed E-state index contributed by atoms with van der Waals surface area (Å²) in [5, 5.41) is 24.4. The summed E-state index contributed by atoms with van der Waals surface area (Å²) in [5.74, 6) is -0.543. The fourth-order valence-corrected chi connectivity index (χ4v) is 2.27. The third kappa shape index (κ3) is 4.94. The summed E-state index contributed by atoms with van der Waals surface area (Å²) in [7, 11) is 1.39. The van der Waals surface area contributed by atoms with E-state index in [0.29, 0.717) is 5.75 Å². The molecule has 0 saturated carbocycles. The molecule has 0 unspecified atom stereocenters. The lowest BCUT2D eigenvalue weighted by Crippen LogP contribution is -2.08. The van der Waals surface area contributed by atoms with Crippen molar-refractivity contribution in [1.82, 2.24) is 0 Å². The van der Waals surface area contributed by atoms with Gasteiger partial charge < -0.3 is 14.6 Å². The Labute approximate surface area is 155 Å². The van der Waals surface area contributed by atoms with Crippen LogP contribution in [-0.2, 0) is 0 Å². The van der Waals surface area contributed by atoms with Gasteiger partial charge >= 0.3 is 5.97 Å². The molecule has 2 aromatic carbocycles. The molecule has 0 bridgehead atoms. The number of carboxylic acids is 1. The Balaban J connectivity index is 2.38. The first kappa shape index (κ1) is 19.7. The number of ether oxygens (including phenoxy) is 2. The minimum atomic E-state index is -1.11. The number of methoxy groups -OCH3 is 1. The van der Waals surface area contributed by atoms with E-state index in [1.54, 1.807) is 12.1 Å². The monoisotopic (exact) mass is 373 g/mol. The molecule has 0 atom stereocenters. The van der Waals surface area contributed by atoms with E-state index in [1.165, 1.54) is 37.6 Å². The number of hydrogen-bond donors (Lipinski definition) is 2. The largest absolute Gasteiger partial charge is 0.493 e. The number of nitro benzene ring substituents is 1. The number of rotatable bonds is 8. The second-order valence-corrected chi connectivity index (χ2v) is 5.71. The van der Waals surface area contributed by atoms with Crippen molar-refractivity contribution in [3.8, 4) is 11.5 Å². The van der Waals surface area contributed by atoms with Crippen LogP contribution in [0.5, 0.6) is 11.5 Å². The fraction of sp³-hybridized carbons (Fsp3) is 0.222. The Hall–Kier alpha value is -3.62. The Bertz CT molecular complexity index is 879. The van der Waals surface area contributed by atoms with Crippen LogP contribution in [-0.4, -0.2) is 35.4 Å². The summed E-state index contributed by atoms with van der Waals surface area (Å²) < 4.78 is 10.8. The summed E-state index contributed by atoms with van der Waals surface area (Å²) in [6.45, 7) is 3.64. The average molecular weight is 373 g/mol. The van der Waals surface area contributed by atoms with Crippen LogP contribution in [0, 0.1) is 10.1 Å². The third-order valence-electron chi connectivity index (χ3n) is 3.42. The number of aromatic carboxylic acids is 1. The predicted octanol–water partition coefficient (Wildman–Crippen LogP) is 3.53. The van der Waals surface area contributed by atoms with E-state index in [0.717, 1.165) is 0 Å². The number of hydrogen-bond acceptors (Lipinski definition) is 7. The second kappa shape index (κ2) is 8.65. The maximum Gasteiger partial charge on any atom is 0.337 e. The Morgan fingerprint density at radius 2 is 2.00 bits per heavy atom. The molecule has 9 heteroatoms. The number of nitrogens with one attached hydrogen (secondary N) is 1. The van der Waals surface area contributed by atoms with E-state index in [1.807, 2.05) is 13.8 Å². The van der Waals surface area contributed by atoms with E-state index in [4.69, 9.17) is 14.6 Å². The van der Waals surface area contributed by atoms with Crippen LogP contribution in [0.25, 0.3) is 0 Å². The number of benzene rings is 2. The zero-order valence-corrected chi connectivity index (χ0v) is 15.0. The van der Waals surface area contributed by atoms with Crippen LogP contribution in [0.3, 0.4) is 0 Å². The maximum absolute atomic E-state index is 11.3. The van der Waals surface area contributed by atoms with Crippen molar-refractivity contribution in [2.24, 2.45) is 5.10 Å². The molecule has 0 radical (unpaired) electrons. The average Bonchev–Trinajstić information content (AvgIpc) is 2.61. The van der Waals surface area contributed by atoms with Gasteiger partial charge in [-0.1, -0.05) is 12.1 Å². The number of hydrazone groups is 1. The van der Waals surface area contributed by atoms with Crippen LogP contribution in [0.4, 0.5) is 11.4 Å². The van der Waals surface area contributed by atoms with Crippen molar-refractivity contribution in [2.75, 3.05) is 12.5 Å². The van der Waals surface area contributed by atoms with Crippen LogP contribution in [0.15, 0.2) is 41.5 Å². The number of carboxylic acid groups (broad SMARTS) is 1. The Morgan fingerprint density at radius 3 is 2.59 bits per heavy atom. The molecule has 0 amide bonds. The highest BCUT2D eigenvalue weighted by Gasteiger charge is 2.19. The molecular formula is C18H19N3O6. The molecule has 9 nitrogen and oxygen atoms in total. The zero-order chi connectivity index (χ0) is 20.0. The fourth-order valence-electron chi connectivity index (χ4n) is 2.27. The quantitative estimate of drug-likeness (QED) is 0.412. The van der Waals surface area contributed by atoms with Crippen LogP contribution in [0.1, 0.15) is 29.8 Å². The minimum absolute atomic E-state index is 0.0303. The van der Waals surface area contributed by atoms with Crippen molar-refractivity contribution in [2.45, 2.75) is 20.0 Å². The summed E-state index contributed by atoms with van der Waals surface area (Å²) >= 11 is 0. The van der Waals surface area contributed by atoms with Gasteiger partial charge in [0.2, 0.25) is 0 Å². The number of carbonyl (C=O) groups is 1. The lowest BCUT2D eigenvalue weighted by atomic mass is 10.1. The molecule has 0 saturated heterocycles. The maximum atomic E-state index is 11.3. The molecule has 2 rings (SSSR count). The number of anilines is 1. The van der Waals surface area contributed by atoms with E-state index < -0.39 is 10.9 Å². The summed E-state index contributed by atoms with van der Waals surface area (Å²) in [4.78, 5) is 22.0.